The quantitative estimate of drug-likeness (QED) is 0.625. The maximum absolute atomic E-state index is 14.1. The second-order valence-corrected chi connectivity index (χ2v) is 5.36. The molecule has 0 radical (unpaired) electrons. The summed E-state index contributed by atoms with van der Waals surface area (Å²) in [6.07, 6.45) is 1.24. The van der Waals surface area contributed by atoms with Gasteiger partial charge in [-0.2, -0.15) is 0 Å². The summed E-state index contributed by atoms with van der Waals surface area (Å²) in [4.78, 5) is 15.7. The molecule has 1 heterocycles. The number of benzene rings is 2. The fraction of sp³-hybridized carbons (Fsp3) is 0.0588. The lowest BCUT2D eigenvalue weighted by Crippen LogP contribution is -2.02. The Morgan fingerprint density at radius 1 is 1.08 bits per heavy atom. The fourth-order valence-corrected chi connectivity index (χ4v) is 2.63. The van der Waals surface area contributed by atoms with Crippen molar-refractivity contribution in [2.45, 2.75) is 0 Å². The number of ether oxygens (including phenoxy) is 1. The number of pyridine rings is 1. The maximum atomic E-state index is 14.1. The van der Waals surface area contributed by atoms with Crippen molar-refractivity contribution in [1.82, 2.24) is 4.98 Å². The molecule has 0 bridgehead atoms. The van der Waals surface area contributed by atoms with E-state index >= 15 is 0 Å². The van der Waals surface area contributed by atoms with Crippen molar-refractivity contribution < 1.29 is 22.7 Å². The van der Waals surface area contributed by atoms with Gasteiger partial charge in [0.15, 0.2) is 0 Å². The smallest absolute Gasteiger partial charge is 0.337 e. The molecular formula is C17H9ClF3NO2. The molecule has 3 aromatic rings. The predicted octanol–water partition coefficient (Wildman–Crippen LogP) is 4.76. The third kappa shape index (κ3) is 2.69. The number of halogens is 4. The molecule has 0 amide bonds. The van der Waals surface area contributed by atoms with Gasteiger partial charge in [-0.1, -0.05) is 17.7 Å². The van der Waals surface area contributed by atoms with Gasteiger partial charge >= 0.3 is 5.97 Å². The van der Waals surface area contributed by atoms with E-state index in [-0.39, 0.29) is 21.7 Å². The minimum atomic E-state index is -1.10. The van der Waals surface area contributed by atoms with E-state index in [1.807, 2.05) is 0 Å². The number of methoxy groups -OCH3 is 1. The van der Waals surface area contributed by atoms with Crippen molar-refractivity contribution >= 4 is 28.3 Å². The normalized spacial score (nSPS) is 10.9. The molecule has 1 aromatic heterocycles. The van der Waals surface area contributed by atoms with Crippen molar-refractivity contribution in [2.24, 2.45) is 0 Å². The highest BCUT2D eigenvalue weighted by atomic mass is 35.5. The zero-order valence-electron chi connectivity index (χ0n) is 12.2. The zero-order valence-corrected chi connectivity index (χ0v) is 13.0. The number of rotatable bonds is 2. The molecule has 0 N–H and O–H groups in total. The molecule has 0 aliphatic heterocycles. The van der Waals surface area contributed by atoms with Gasteiger partial charge in [0.25, 0.3) is 0 Å². The van der Waals surface area contributed by atoms with E-state index in [9.17, 15) is 18.0 Å². The monoisotopic (exact) mass is 351 g/mol. The topological polar surface area (TPSA) is 39.2 Å². The molecule has 3 nitrogen and oxygen atoms in total. The first kappa shape index (κ1) is 16.3. The summed E-state index contributed by atoms with van der Waals surface area (Å²) >= 11 is 6.06. The average molecular weight is 352 g/mol. The molecule has 24 heavy (non-hydrogen) atoms. The van der Waals surface area contributed by atoms with Crippen LogP contribution in [0.5, 0.6) is 0 Å². The summed E-state index contributed by atoms with van der Waals surface area (Å²) in [6.45, 7) is 0. The van der Waals surface area contributed by atoms with Crippen LogP contribution in [0.4, 0.5) is 13.2 Å². The molecule has 7 heteroatoms. The molecule has 0 atom stereocenters. The van der Waals surface area contributed by atoms with Gasteiger partial charge in [0.05, 0.1) is 29.0 Å². The van der Waals surface area contributed by atoms with Crippen molar-refractivity contribution in [3.8, 4) is 11.3 Å². The van der Waals surface area contributed by atoms with E-state index in [0.717, 1.165) is 0 Å². The molecule has 0 saturated carbocycles. The van der Waals surface area contributed by atoms with Crippen LogP contribution < -0.4 is 0 Å². The van der Waals surface area contributed by atoms with Crippen LogP contribution in [0.25, 0.3) is 22.0 Å². The van der Waals surface area contributed by atoms with Crippen LogP contribution in [-0.2, 0) is 4.74 Å². The molecule has 0 aliphatic rings. The predicted molar refractivity (Wildman–Crippen MR) is 83.4 cm³/mol. The SMILES string of the molecule is COC(=O)c1ccc2c(Cl)cnc(-c3c(F)cc(F)cc3F)c2c1. The summed E-state index contributed by atoms with van der Waals surface area (Å²) < 4.78 is 46.0. The number of nitrogens with zero attached hydrogens (tertiary/aromatic N) is 1. The third-order valence-corrected chi connectivity index (χ3v) is 3.80. The van der Waals surface area contributed by atoms with E-state index in [4.69, 9.17) is 11.6 Å². The summed E-state index contributed by atoms with van der Waals surface area (Å²) in [5, 5.41) is 0.931. The Morgan fingerprint density at radius 3 is 2.38 bits per heavy atom. The molecule has 3 rings (SSSR count). The molecule has 0 spiro atoms. The second kappa shape index (κ2) is 6.13. The first-order chi connectivity index (χ1) is 11.4. The van der Waals surface area contributed by atoms with Crippen molar-refractivity contribution in [2.75, 3.05) is 7.11 Å². The maximum Gasteiger partial charge on any atom is 0.337 e. The van der Waals surface area contributed by atoms with Crippen LogP contribution in [0, 0.1) is 17.5 Å². The van der Waals surface area contributed by atoms with Gasteiger partial charge in [0.1, 0.15) is 17.5 Å². The molecule has 0 fully saturated rings. The van der Waals surface area contributed by atoms with Crippen molar-refractivity contribution in [3.63, 3.8) is 0 Å². The van der Waals surface area contributed by atoms with Gasteiger partial charge < -0.3 is 4.74 Å². The first-order valence-corrected chi connectivity index (χ1v) is 7.11. The highest BCUT2D eigenvalue weighted by Gasteiger charge is 2.19. The Morgan fingerprint density at radius 2 is 1.75 bits per heavy atom. The van der Waals surface area contributed by atoms with Gasteiger partial charge in [-0.15, -0.1) is 0 Å². The standard InChI is InChI=1S/C17H9ClF3NO2/c1-24-17(23)8-2-3-10-11(4-8)16(22-7-12(10)18)15-13(20)5-9(19)6-14(15)21/h2-7H,1H3. The molecule has 0 unspecified atom stereocenters. The molecule has 122 valence electrons. The molecule has 0 aliphatic carbocycles. The first-order valence-electron chi connectivity index (χ1n) is 6.74. The molecular weight excluding hydrogens is 343 g/mol. The Balaban J connectivity index is 2.36. The number of aromatic nitrogens is 1. The van der Waals surface area contributed by atoms with Crippen molar-refractivity contribution in [3.05, 3.63) is 64.6 Å². The summed E-state index contributed by atoms with van der Waals surface area (Å²) in [6, 6.07) is 5.49. The Labute approximate surface area is 139 Å². The largest absolute Gasteiger partial charge is 0.465 e. The van der Waals surface area contributed by atoms with E-state index in [1.165, 1.54) is 31.5 Å². The number of carbonyl (C=O) groups is 1. The van der Waals surface area contributed by atoms with E-state index < -0.39 is 29.0 Å². The fourth-order valence-electron chi connectivity index (χ4n) is 2.42. The minimum Gasteiger partial charge on any atom is -0.465 e. The lowest BCUT2D eigenvalue weighted by molar-refractivity contribution is 0.0601. The third-order valence-electron chi connectivity index (χ3n) is 3.50. The van der Waals surface area contributed by atoms with Crippen LogP contribution in [0.15, 0.2) is 36.5 Å². The van der Waals surface area contributed by atoms with Gasteiger partial charge in [-0.3, -0.25) is 4.98 Å². The van der Waals surface area contributed by atoms with E-state index in [1.54, 1.807) is 0 Å². The van der Waals surface area contributed by atoms with Gasteiger partial charge in [-0.25, -0.2) is 18.0 Å². The average Bonchev–Trinajstić information content (AvgIpc) is 2.55. The summed E-state index contributed by atoms with van der Waals surface area (Å²) in [5.74, 6) is -3.87. The lowest BCUT2D eigenvalue weighted by Gasteiger charge is -2.11. The Kier molecular flexibility index (Phi) is 4.15. The van der Waals surface area contributed by atoms with Crippen LogP contribution in [-0.4, -0.2) is 18.1 Å². The minimum absolute atomic E-state index is 0.0878. The van der Waals surface area contributed by atoms with Gasteiger partial charge in [0.2, 0.25) is 0 Å². The number of carbonyl (C=O) groups excluding carboxylic acids is 1. The van der Waals surface area contributed by atoms with Crippen molar-refractivity contribution in [1.29, 1.82) is 0 Å². The number of hydrogen-bond donors (Lipinski definition) is 0. The van der Waals surface area contributed by atoms with E-state index in [0.29, 0.717) is 17.5 Å². The molecule has 0 saturated heterocycles. The zero-order chi connectivity index (χ0) is 17.4. The Hall–Kier alpha value is -2.60. The number of fused-ring (bicyclic) bond motifs is 1. The van der Waals surface area contributed by atoms with Crippen LogP contribution >= 0.6 is 11.6 Å². The van der Waals surface area contributed by atoms with Gasteiger partial charge in [-0.05, 0) is 12.1 Å². The lowest BCUT2D eigenvalue weighted by atomic mass is 10.0. The van der Waals surface area contributed by atoms with Crippen LogP contribution in [0.1, 0.15) is 10.4 Å². The van der Waals surface area contributed by atoms with Gasteiger partial charge in [0, 0.05) is 29.1 Å². The Bertz CT molecular complexity index is 952. The number of hydrogen-bond acceptors (Lipinski definition) is 3. The van der Waals surface area contributed by atoms with E-state index in [2.05, 4.69) is 9.72 Å². The number of esters is 1. The highest BCUT2D eigenvalue weighted by Crippen LogP contribution is 2.34. The van der Waals surface area contributed by atoms with Crippen LogP contribution in [0.3, 0.4) is 0 Å². The second-order valence-electron chi connectivity index (χ2n) is 4.95. The summed E-state index contributed by atoms with van der Waals surface area (Å²) in [7, 11) is 1.21. The highest BCUT2D eigenvalue weighted by molar-refractivity contribution is 6.35. The molecule has 2 aromatic carbocycles. The van der Waals surface area contributed by atoms with Crippen LogP contribution in [0.2, 0.25) is 5.02 Å². The summed E-state index contributed by atoms with van der Waals surface area (Å²) in [5.41, 5.74) is -0.423.